The molecule has 116 valence electrons. The maximum Gasteiger partial charge on any atom is 0.323 e. The van der Waals surface area contributed by atoms with Crippen molar-refractivity contribution in [2.24, 2.45) is 11.3 Å². The largest absolute Gasteiger partial charge is 0.468 e. The summed E-state index contributed by atoms with van der Waals surface area (Å²) in [6.45, 7) is 1.89. The third kappa shape index (κ3) is 2.61. The molecule has 5 heteroatoms. The first-order valence-electron chi connectivity index (χ1n) is 7.34. The zero-order chi connectivity index (χ0) is 15.6. The highest BCUT2D eigenvalue weighted by Crippen LogP contribution is 2.48. The Bertz CT molecular complexity index is 487. The molecule has 2 aliphatic rings. The van der Waals surface area contributed by atoms with Gasteiger partial charge in [0.15, 0.2) is 5.41 Å². The zero-order valence-electron chi connectivity index (χ0n) is 12.9. The quantitative estimate of drug-likeness (QED) is 0.453. The number of hydrogen-bond donors (Lipinski definition) is 0. The number of rotatable bonds is 3. The number of allylic oxidation sites excluding steroid dienone is 2. The second-order valence-electron chi connectivity index (χ2n) is 5.99. The number of carbonyl (C=O) groups excluding carboxylic acids is 3. The smallest absolute Gasteiger partial charge is 0.323 e. The fraction of sp³-hybridized carbons (Fsp3) is 0.688. The van der Waals surface area contributed by atoms with E-state index in [9.17, 15) is 14.4 Å². The first kappa shape index (κ1) is 15.7. The molecule has 0 aromatic rings. The summed E-state index contributed by atoms with van der Waals surface area (Å²) < 4.78 is 9.64. The summed E-state index contributed by atoms with van der Waals surface area (Å²) in [5, 5.41) is 0. The summed E-state index contributed by atoms with van der Waals surface area (Å²) in [5.74, 6) is -1.07. The molecular formula is C16H22O5. The highest BCUT2D eigenvalue weighted by Gasteiger charge is 2.54. The molecule has 1 fully saturated rings. The van der Waals surface area contributed by atoms with Crippen LogP contribution in [0, 0.1) is 11.3 Å². The van der Waals surface area contributed by atoms with Crippen LogP contribution in [0.3, 0.4) is 0 Å². The van der Waals surface area contributed by atoms with Crippen LogP contribution in [0.25, 0.3) is 0 Å². The van der Waals surface area contributed by atoms with E-state index < -0.39 is 17.4 Å². The molecule has 0 N–H and O–H groups in total. The van der Waals surface area contributed by atoms with Crippen LogP contribution in [0.15, 0.2) is 11.1 Å². The molecule has 5 nitrogen and oxygen atoms in total. The molecule has 1 unspecified atom stereocenters. The molecule has 0 radical (unpaired) electrons. The second kappa shape index (κ2) is 6.00. The van der Waals surface area contributed by atoms with Crippen molar-refractivity contribution in [2.75, 3.05) is 14.2 Å². The van der Waals surface area contributed by atoms with Gasteiger partial charge in [-0.25, -0.2) is 0 Å². The maximum absolute atomic E-state index is 12.2. The third-order valence-corrected chi connectivity index (χ3v) is 4.73. The normalized spacial score (nSPS) is 24.9. The van der Waals surface area contributed by atoms with Gasteiger partial charge in [-0.05, 0) is 32.6 Å². The molecular weight excluding hydrogens is 272 g/mol. The average Bonchev–Trinajstić information content (AvgIpc) is 2.84. The molecule has 1 saturated carbocycles. The second-order valence-corrected chi connectivity index (χ2v) is 5.99. The molecule has 1 atom stereocenters. The number of ketones is 1. The number of carbonyl (C=O) groups is 3. The third-order valence-electron chi connectivity index (χ3n) is 4.73. The molecule has 21 heavy (non-hydrogen) atoms. The van der Waals surface area contributed by atoms with Crippen molar-refractivity contribution in [3.63, 3.8) is 0 Å². The predicted molar refractivity (Wildman–Crippen MR) is 75.4 cm³/mol. The van der Waals surface area contributed by atoms with E-state index in [1.54, 1.807) is 0 Å². The highest BCUT2D eigenvalue weighted by atomic mass is 16.5. The van der Waals surface area contributed by atoms with Crippen LogP contribution < -0.4 is 0 Å². The van der Waals surface area contributed by atoms with Gasteiger partial charge in [-0.2, -0.15) is 0 Å². The summed E-state index contributed by atoms with van der Waals surface area (Å²) in [4.78, 5) is 36.5. The van der Waals surface area contributed by atoms with Crippen molar-refractivity contribution >= 4 is 17.7 Å². The summed E-state index contributed by atoms with van der Waals surface area (Å²) >= 11 is 0. The Morgan fingerprint density at radius 3 is 2.24 bits per heavy atom. The van der Waals surface area contributed by atoms with Gasteiger partial charge in [0, 0.05) is 12.3 Å². The van der Waals surface area contributed by atoms with E-state index in [-0.39, 0.29) is 24.5 Å². The van der Waals surface area contributed by atoms with Crippen molar-refractivity contribution in [2.45, 2.75) is 45.4 Å². The van der Waals surface area contributed by atoms with Gasteiger partial charge in [0.25, 0.3) is 0 Å². The summed E-state index contributed by atoms with van der Waals surface area (Å²) in [7, 11) is 2.54. The van der Waals surface area contributed by atoms with Gasteiger partial charge in [0.2, 0.25) is 0 Å². The Labute approximate surface area is 124 Å². The van der Waals surface area contributed by atoms with Crippen molar-refractivity contribution in [3.8, 4) is 0 Å². The number of ether oxygens (including phenoxy) is 2. The molecule has 0 aliphatic heterocycles. The fourth-order valence-electron chi connectivity index (χ4n) is 3.64. The van der Waals surface area contributed by atoms with Gasteiger partial charge >= 0.3 is 11.9 Å². The van der Waals surface area contributed by atoms with Crippen molar-refractivity contribution in [3.05, 3.63) is 11.1 Å². The molecule has 0 aromatic heterocycles. The highest BCUT2D eigenvalue weighted by molar-refractivity contribution is 6.01. The molecule has 2 aliphatic carbocycles. The minimum absolute atomic E-state index is 0.144. The summed E-state index contributed by atoms with van der Waals surface area (Å²) in [6.07, 6.45) is 3.87. The van der Waals surface area contributed by atoms with Gasteiger partial charge < -0.3 is 9.47 Å². The van der Waals surface area contributed by atoms with Gasteiger partial charge in [0.05, 0.1) is 14.2 Å². The lowest BCUT2D eigenvalue weighted by atomic mass is 9.78. The minimum Gasteiger partial charge on any atom is -0.468 e. The number of Topliss-reactive ketones (excluding diaryl/α,β-unsaturated/α-hetero) is 1. The van der Waals surface area contributed by atoms with Gasteiger partial charge in [-0.1, -0.05) is 17.6 Å². The fourth-order valence-corrected chi connectivity index (χ4v) is 3.64. The van der Waals surface area contributed by atoms with Crippen LogP contribution in [0.5, 0.6) is 0 Å². The zero-order valence-corrected chi connectivity index (χ0v) is 12.9. The van der Waals surface area contributed by atoms with Crippen LogP contribution >= 0.6 is 0 Å². The van der Waals surface area contributed by atoms with E-state index in [2.05, 4.69) is 0 Å². The summed E-state index contributed by atoms with van der Waals surface area (Å²) in [5.41, 5.74) is 0.585. The van der Waals surface area contributed by atoms with Crippen LogP contribution in [0.1, 0.15) is 45.4 Å². The molecule has 0 saturated heterocycles. The summed E-state index contributed by atoms with van der Waals surface area (Å²) in [6, 6.07) is 0. The molecule has 0 aromatic carbocycles. The van der Waals surface area contributed by atoms with E-state index in [4.69, 9.17) is 9.47 Å². The van der Waals surface area contributed by atoms with Gasteiger partial charge in [0.1, 0.15) is 5.78 Å². The monoisotopic (exact) mass is 294 g/mol. The number of hydrogen-bond acceptors (Lipinski definition) is 5. The Balaban J connectivity index is 2.30. The van der Waals surface area contributed by atoms with E-state index in [0.29, 0.717) is 6.42 Å². The Morgan fingerprint density at radius 2 is 1.71 bits per heavy atom. The van der Waals surface area contributed by atoms with Crippen molar-refractivity contribution in [1.29, 1.82) is 0 Å². The number of methoxy groups -OCH3 is 2. The van der Waals surface area contributed by atoms with Crippen LogP contribution in [-0.2, 0) is 23.9 Å². The van der Waals surface area contributed by atoms with Crippen LogP contribution in [0.2, 0.25) is 0 Å². The maximum atomic E-state index is 12.2. The topological polar surface area (TPSA) is 69.7 Å². The van der Waals surface area contributed by atoms with E-state index in [1.807, 2.05) is 6.92 Å². The molecule has 0 spiro atoms. The Kier molecular flexibility index (Phi) is 4.49. The van der Waals surface area contributed by atoms with Crippen LogP contribution in [0.4, 0.5) is 0 Å². The lowest BCUT2D eigenvalue weighted by Gasteiger charge is -2.26. The average molecular weight is 294 g/mol. The standard InChI is InChI=1S/C16H22O5/c1-10-8-16(14(18)20-2,15(19)21-3)9-12(10)11-6-4-5-7-13(11)17/h11H,4-9H2,1-3H3. The van der Waals surface area contributed by atoms with Crippen molar-refractivity contribution in [1.82, 2.24) is 0 Å². The van der Waals surface area contributed by atoms with Gasteiger partial charge in [-0.15, -0.1) is 0 Å². The predicted octanol–water partition coefficient (Wildman–Crippen LogP) is 2.19. The van der Waals surface area contributed by atoms with E-state index >= 15 is 0 Å². The van der Waals surface area contributed by atoms with Crippen molar-refractivity contribution < 1.29 is 23.9 Å². The van der Waals surface area contributed by atoms with Gasteiger partial charge in [-0.3, -0.25) is 14.4 Å². The Hall–Kier alpha value is -1.65. The minimum atomic E-state index is -1.30. The lowest BCUT2D eigenvalue weighted by molar-refractivity contribution is -0.168. The van der Waals surface area contributed by atoms with E-state index in [1.165, 1.54) is 14.2 Å². The number of esters is 2. The first-order chi connectivity index (χ1) is 9.96. The SMILES string of the molecule is COC(=O)C1(C(=O)OC)CC(C)=C(C2CCCCC2=O)C1. The molecule has 0 bridgehead atoms. The first-order valence-corrected chi connectivity index (χ1v) is 7.34. The molecule has 0 heterocycles. The van der Waals surface area contributed by atoms with Crippen LogP contribution in [-0.4, -0.2) is 31.9 Å². The lowest BCUT2D eigenvalue weighted by Crippen LogP contribution is -2.40. The molecule has 2 rings (SSSR count). The molecule has 0 amide bonds. The van der Waals surface area contributed by atoms with E-state index in [0.717, 1.165) is 30.4 Å². The Morgan fingerprint density at radius 1 is 1.10 bits per heavy atom.